The molecule has 1 N–H and O–H groups in total. The molecule has 0 unspecified atom stereocenters. The zero-order chi connectivity index (χ0) is 14.0. The Morgan fingerprint density at radius 3 is 2.37 bits per heavy atom. The van der Waals surface area contributed by atoms with E-state index < -0.39 is 0 Å². The second kappa shape index (κ2) is 5.57. The topological polar surface area (TPSA) is 25.2 Å². The molecule has 19 heavy (non-hydrogen) atoms. The summed E-state index contributed by atoms with van der Waals surface area (Å²) in [6.07, 6.45) is 0. The van der Waals surface area contributed by atoms with Gasteiger partial charge < -0.3 is 9.73 Å². The second-order valence-electron chi connectivity index (χ2n) is 5.22. The quantitative estimate of drug-likeness (QED) is 0.892. The van der Waals surface area contributed by atoms with Gasteiger partial charge in [0.1, 0.15) is 17.3 Å². The van der Waals surface area contributed by atoms with E-state index in [0.717, 1.165) is 28.2 Å². The van der Waals surface area contributed by atoms with Crippen LogP contribution in [0.5, 0.6) is 0 Å². The van der Waals surface area contributed by atoms with Gasteiger partial charge in [-0.1, -0.05) is 13.8 Å². The molecule has 0 atom stereocenters. The van der Waals surface area contributed by atoms with Crippen LogP contribution in [0.25, 0.3) is 11.3 Å². The van der Waals surface area contributed by atoms with Gasteiger partial charge in [-0.3, -0.25) is 0 Å². The van der Waals surface area contributed by atoms with Gasteiger partial charge in [-0.2, -0.15) is 0 Å². The van der Waals surface area contributed by atoms with Gasteiger partial charge in [0.15, 0.2) is 0 Å². The van der Waals surface area contributed by atoms with Crippen molar-refractivity contribution in [3.63, 3.8) is 0 Å². The Bertz CT molecular complexity index is 549. The van der Waals surface area contributed by atoms with Crippen molar-refractivity contribution in [2.75, 3.05) is 0 Å². The molecule has 1 aromatic heterocycles. The fraction of sp³-hybridized carbons (Fsp3) is 0.375. The highest BCUT2D eigenvalue weighted by Gasteiger charge is 2.12. The summed E-state index contributed by atoms with van der Waals surface area (Å²) in [4.78, 5) is 0. The lowest BCUT2D eigenvalue weighted by molar-refractivity contribution is 0.473. The molecule has 2 rings (SSSR count). The zero-order valence-electron chi connectivity index (χ0n) is 11.9. The van der Waals surface area contributed by atoms with E-state index >= 15 is 0 Å². The third kappa shape index (κ3) is 3.24. The number of nitrogens with one attached hydrogen (secondary N) is 1. The van der Waals surface area contributed by atoms with Crippen LogP contribution < -0.4 is 5.32 Å². The van der Waals surface area contributed by atoms with Gasteiger partial charge in [-0.25, -0.2) is 4.39 Å². The van der Waals surface area contributed by atoms with Crippen molar-refractivity contribution in [1.82, 2.24) is 5.32 Å². The van der Waals surface area contributed by atoms with Crippen molar-refractivity contribution >= 4 is 0 Å². The Labute approximate surface area is 113 Å². The van der Waals surface area contributed by atoms with Crippen LogP contribution in [0.1, 0.15) is 30.7 Å². The number of benzene rings is 1. The molecule has 2 aromatic rings. The summed E-state index contributed by atoms with van der Waals surface area (Å²) in [5.74, 6) is 1.49. The Hall–Kier alpha value is -1.61. The summed E-state index contributed by atoms with van der Waals surface area (Å²) in [5, 5.41) is 3.31. The number of hydrogen-bond acceptors (Lipinski definition) is 2. The largest absolute Gasteiger partial charge is 0.460 e. The van der Waals surface area contributed by atoms with Gasteiger partial charge in [-0.15, -0.1) is 0 Å². The van der Waals surface area contributed by atoms with Crippen molar-refractivity contribution < 1.29 is 8.81 Å². The Kier molecular flexibility index (Phi) is 4.05. The van der Waals surface area contributed by atoms with Crippen LogP contribution in [-0.2, 0) is 6.54 Å². The molecule has 0 fully saturated rings. The summed E-state index contributed by atoms with van der Waals surface area (Å²) in [5.41, 5.74) is 2.78. The highest BCUT2D eigenvalue weighted by Crippen LogP contribution is 2.29. The molecule has 3 heteroatoms. The molecule has 2 nitrogen and oxygen atoms in total. The first-order valence-electron chi connectivity index (χ1n) is 6.56. The molecule has 0 radical (unpaired) electrons. The van der Waals surface area contributed by atoms with Gasteiger partial charge in [0.2, 0.25) is 0 Å². The van der Waals surface area contributed by atoms with Crippen LogP contribution in [0.2, 0.25) is 0 Å². The van der Waals surface area contributed by atoms with E-state index in [1.165, 1.54) is 12.1 Å². The molecular formula is C16H20FNO. The lowest BCUT2D eigenvalue weighted by atomic mass is 10.0. The minimum Gasteiger partial charge on any atom is -0.460 e. The molecule has 0 aliphatic heterocycles. The van der Waals surface area contributed by atoms with Crippen LogP contribution in [-0.4, -0.2) is 6.04 Å². The van der Waals surface area contributed by atoms with Crippen molar-refractivity contribution in [2.24, 2.45) is 0 Å². The van der Waals surface area contributed by atoms with Gasteiger partial charge in [0, 0.05) is 11.6 Å². The molecular weight excluding hydrogens is 241 g/mol. The molecule has 1 heterocycles. The highest BCUT2D eigenvalue weighted by atomic mass is 19.1. The van der Waals surface area contributed by atoms with E-state index in [0.29, 0.717) is 12.6 Å². The van der Waals surface area contributed by atoms with Gasteiger partial charge in [-0.05, 0) is 49.2 Å². The van der Waals surface area contributed by atoms with Crippen molar-refractivity contribution in [2.45, 2.75) is 40.3 Å². The molecule has 0 saturated heterocycles. The van der Waals surface area contributed by atoms with Crippen molar-refractivity contribution in [1.29, 1.82) is 0 Å². The van der Waals surface area contributed by atoms with Crippen LogP contribution in [0.4, 0.5) is 4.39 Å². The monoisotopic (exact) mass is 261 g/mol. The number of rotatable bonds is 4. The number of furan rings is 1. The molecule has 102 valence electrons. The van der Waals surface area contributed by atoms with Crippen LogP contribution in [0.15, 0.2) is 28.7 Å². The SMILES string of the molecule is Cc1cc(F)cc(C)c1-c1ccc(CNC(C)C)o1. The van der Waals surface area contributed by atoms with E-state index in [-0.39, 0.29) is 5.82 Å². The maximum absolute atomic E-state index is 13.3. The third-order valence-corrected chi connectivity index (χ3v) is 3.09. The van der Waals surface area contributed by atoms with Gasteiger partial charge in [0.05, 0.1) is 6.54 Å². The van der Waals surface area contributed by atoms with E-state index in [4.69, 9.17) is 4.42 Å². The summed E-state index contributed by atoms with van der Waals surface area (Å²) < 4.78 is 19.1. The summed E-state index contributed by atoms with van der Waals surface area (Å²) in [6, 6.07) is 7.41. The molecule has 0 spiro atoms. The van der Waals surface area contributed by atoms with Crippen LogP contribution in [0.3, 0.4) is 0 Å². The highest BCUT2D eigenvalue weighted by molar-refractivity contribution is 5.66. The Morgan fingerprint density at radius 1 is 1.16 bits per heavy atom. The third-order valence-electron chi connectivity index (χ3n) is 3.09. The Morgan fingerprint density at radius 2 is 1.79 bits per heavy atom. The van der Waals surface area contributed by atoms with Crippen molar-refractivity contribution in [3.8, 4) is 11.3 Å². The van der Waals surface area contributed by atoms with Gasteiger partial charge in [0.25, 0.3) is 0 Å². The second-order valence-corrected chi connectivity index (χ2v) is 5.22. The summed E-state index contributed by atoms with van der Waals surface area (Å²) >= 11 is 0. The summed E-state index contributed by atoms with van der Waals surface area (Å²) in [7, 11) is 0. The molecule has 0 amide bonds. The maximum atomic E-state index is 13.3. The number of aryl methyl sites for hydroxylation is 2. The zero-order valence-corrected chi connectivity index (χ0v) is 11.9. The minimum absolute atomic E-state index is 0.202. The Balaban J connectivity index is 2.28. The predicted octanol–water partition coefficient (Wildman–Crippen LogP) is 4.20. The molecule has 1 aromatic carbocycles. The first-order chi connectivity index (χ1) is 8.97. The molecule has 0 saturated carbocycles. The normalized spacial score (nSPS) is 11.3. The fourth-order valence-corrected chi connectivity index (χ4v) is 2.21. The first-order valence-corrected chi connectivity index (χ1v) is 6.56. The molecule has 0 aliphatic rings. The van der Waals surface area contributed by atoms with E-state index in [1.54, 1.807) is 0 Å². The smallest absolute Gasteiger partial charge is 0.134 e. The number of halogens is 1. The van der Waals surface area contributed by atoms with E-state index in [2.05, 4.69) is 19.2 Å². The van der Waals surface area contributed by atoms with Crippen molar-refractivity contribution in [3.05, 3.63) is 47.0 Å². The average Bonchev–Trinajstić information content (AvgIpc) is 2.73. The van der Waals surface area contributed by atoms with Crippen LogP contribution in [0, 0.1) is 19.7 Å². The molecule has 0 aliphatic carbocycles. The van der Waals surface area contributed by atoms with E-state index in [1.807, 2.05) is 26.0 Å². The standard InChI is InChI=1S/C16H20FNO/c1-10(2)18-9-14-5-6-15(19-14)16-11(3)7-13(17)8-12(16)4/h5-8,10,18H,9H2,1-4H3. The molecule has 0 bridgehead atoms. The number of hydrogen-bond donors (Lipinski definition) is 1. The fourth-order valence-electron chi connectivity index (χ4n) is 2.21. The lowest BCUT2D eigenvalue weighted by Gasteiger charge is -2.08. The van der Waals surface area contributed by atoms with Gasteiger partial charge >= 0.3 is 0 Å². The average molecular weight is 261 g/mol. The van der Waals surface area contributed by atoms with Crippen LogP contribution >= 0.6 is 0 Å². The predicted molar refractivity (Wildman–Crippen MR) is 75.6 cm³/mol. The van der Waals surface area contributed by atoms with E-state index in [9.17, 15) is 4.39 Å². The minimum atomic E-state index is -0.202. The lowest BCUT2D eigenvalue weighted by Crippen LogP contribution is -2.21. The summed E-state index contributed by atoms with van der Waals surface area (Å²) in [6.45, 7) is 8.70. The first kappa shape index (κ1) is 13.8. The maximum Gasteiger partial charge on any atom is 0.134 e.